The van der Waals surface area contributed by atoms with Gasteiger partial charge >= 0.3 is 0 Å². The van der Waals surface area contributed by atoms with Crippen molar-refractivity contribution in [2.24, 2.45) is 0 Å². The first kappa shape index (κ1) is 17.6. The van der Waals surface area contributed by atoms with E-state index in [9.17, 15) is 0 Å². The number of hydrogen-bond acceptors (Lipinski definition) is 0. The van der Waals surface area contributed by atoms with E-state index >= 15 is 0 Å². The summed E-state index contributed by atoms with van der Waals surface area (Å²) < 4.78 is 0. The number of hydrogen-bond donors (Lipinski definition) is 0. The van der Waals surface area contributed by atoms with Crippen LogP contribution >= 0.6 is 0 Å². The summed E-state index contributed by atoms with van der Waals surface area (Å²) >= 11 is 0. The topological polar surface area (TPSA) is 0 Å². The van der Waals surface area contributed by atoms with E-state index in [-0.39, 0.29) is 26.2 Å². The second kappa shape index (κ2) is 8.23. The smallest absolute Gasteiger partial charge is 0 e. The zero-order valence-corrected chi connectivity index (χ0v) is 16.4. The number of fused-ring (bicyclic) bond motifs is 2. The Balaban J connectivity index is 0.00000182. The van der Waals surface area contributed by atoms with Crippen molar-refractivity contribution < 1.29 is 26.2 Å². The van der Waals surface area contributed by atoms with Gasteiger partial charge in [-0.25, -0.2) is 0 Å². The molecular weight excluding hydrogens is 379 g/mol. The minimum Gasteiger partial charge on any atom is -0.0616 e. The molecule has 0 bridgehead atoms. The quantitative estimate of drug-likeness (QED) is 0.337. The molecule has 0 atom stereocenters. The molecule has 0 aromatic heterocycles. The largest absolute Gasteiger partial charge is 0.0616 e. The van der Waals surface area contributed by atoms with Crippen molar-refractivity contribution in [2.75, 3.05) is 0 Å². The SMILES string of the molecule is C(C=Cc1cccc2ccccc12)=Cc1cccc2ccccc12.[Zr]. The van der Waals surface area contributed by atoms with Crippen LogP contribution in [0, 0.1) is 0 Å². The van der Waals surface area contributed by atoms with E-state index in [0.29, 0.717) is 0 Å². The molecule has 0 saturated heterocycles. The molecule has 0 unspecified atom stereocenters. The van der Waals surface area contributed by atoms with Gasteiger partial charge in [-0.15, -0.1) is 0 Å². The standard InChI is InChI=1S/C24H18.Zr/c1(9-19-13-7-15-21-11-3-5-17-23(19)21)2-10-20-14-8-16-22-12-4-6-18-24(20)22;/h1-18H;. The van der Waals surface area contributed by atoms with Crippen LogP contribution in [0.1, 0.15) is 11.1 Å². The first-order chi connectivity index (χ1) is 11.9. The molecule has 0 nitrogen and oxygen atoms in total. The van der Waals surface area contributed by atoms with E-state index < -0.39 is 0 Å². The van der Waals surface area contributed by atoms with E-state index in [0.717, 1.165) is 0 Å². The van der Waals surface area contributed by atoms with Crippen molar-refractivity contribution in [3.05, 3.63) is 108 Å². The first-order valence-electron chi connectivity index (χ1n) is 8.22. The molecule has 0 fully saturated rings. The van der Waals surface area contributed by atoms with Crippen LogP contribution in [0.2, 0.25) is 0 Å². The number of rotatable bonds is 3. The fourth-order valence-corrected chi connectivity index (χ4v) is 3.11. The zero-order valence-electron chi connectivity index (χ0n) is 13.9. The van der Waals surface area contributed by atoms with Crippen LogP contribution in [0.4, 0.5) is 0 Å². The molecule has 0 radical (unpaired) electrons. The van der Waals surface area contributed by atoms with Crippen LogP contribution in [0.3, 0.4) is 0 Å². The summed E-state index contributed by atoms with van der Waals surface area (Å²) in [4.78, 5) is 0. The molecule has 0 spiro atoms. The average Bonchev–Trinajstić information content (AvgIpc) is 2.65. The molecule has 1 heteroatoms. The molecule has 4 rings (SSSR count). The molecular formula is C24H18Zr. The van der Waals surface area contributed by atoms with E-state index in [2.05, 4.69) is 109 Å². The van der Waals surface area contributed by atoms with Crippen LogP contribution in [0.15, 0.2) is 97.1 Å². The van der Waals surface area contributed by atoms with Crippen LogP contribution in [-0.2, 0) is 26.2 Å². The summed E-state index contributed by atoms with van der Waals surface area (Å²) in [6, 6.07) is 29.8. The molecule has 0 N–H and O–H groups in total. The summed E-state index contributed by atoms with van der Waals surface area (Å²) in [7, 11) is 0. The Labute approximate surface area is 167 Å². The van der Waals surface area contributed by atoms with Gasteiger partial charge in [0.1, 0.15) is 0 Å². The monoisotopic (exact) mass is 396 g/mol. The minimum atomic E-state index is 0. The Hall–Kier alpha value is -2.24. The van der Waals surface area contributed by atoms with E-state index in [4.69, 9.17) is 0 Å². The molecule has 0 aliphatic heterocycles. The maximum absolute atomic E-state index is 2.17. The Kier molecular flexibility index (Phi) is 5.79. The maximum atomic E-state index is 2.17. The third-order valence-electron chi connectivity index (χ3n) is 4.31. The predicted molar refractivity (Wildman–Crippen MR) is 106 cm³/mol. The third-order valence-corrected chi connectivity index (χ3v) is 4.31. The van der Waals surface area contributed by atoms with Crippen molar-refractivity contribution in [2.45, 2.75) is 0 Å². The van der Waals surface area contributed by atoms with Crippen molar-refractivity contribution in [1.82, 2.24) is 0 Å². The van der Waals surface area contributed by atoms with Gasteiger partial charge in [0.05, 0.1) is 0 Å². The molecule has 0 aliphatic carbocycles. The fourth-order valence-electron chi connectivity index (χ4n) is 3.11. The van der Waals surface area contributed by atoms with Gasteiger partial charge in [-0.2, -0.15) is 0 Å². The molecule has 4 aromatic rings. The summed E-state index contributed by atoms with van der Waals surface area (Å²) in [6.45, 7) is 0. The van der Waals surface area contributed by atoms with E-state index in [1.165, 1.54) is 32.7 Å². The van der Waals surface area contributed by atoms with Crippen molar-refractivity contribution in [1.29, 1.82) is 0 Å². The maximum Gasteiger partial charge on any atom is 0 e. The van der Waals surface area contributed by atoms with Crippen LogP contribution in [-0.4, -0.2) is 0 Å². The van der Waals surface area contributed by atoms with Crippen molar-refractivity contribution in [3.63, 3.8) is 0 Å². The second-order valence-corrected chi connectivity index (χ2v) is 5.85. The fraction of sp³-hybridized carbons (Fsp3) is 0. The molecule has 0 saturated carbocycles. The zero-order chi connectivity index (χ0) is 16.2. The molecule has 0 aliphatic rings. The van der Waals surface area contributed by atoms with Crippen molar-refractivity contribution in [3.8, 4) is 0 Å². The molecule has 118 valence electrons. The third kappa shape index (κ3) is 3.89. The Morgan fingerprint density at radius 3 is 1.32 bits per heavy atom. The van der Waals surface area contributed by atoms with Gasteiger partial charge in [-0.1, -0.05) is 109 Å². The van der Waals surface area contributed by atoms with Crippen LogP contribution < -0.4 is 0 Å². The van der Waals surface area contributed by atoms with Gasteiger partial charge < -0.3 is 0 Å². The summed E-state index contributed by atoms with van der Waals surface area (Å²) in [5.41, 5.74) is 2.49. The Morgan fingerprint density at radius 1 is 0.440 bits per heavy atom. The molecule has 25 heavy (non-hydrogen) atoms. The summed E-state index contributed by atoms with van der Waals surface area (Å²) in [5, 5.41) is 5.12. The van der Waals surface area contributed by atoms with Gasteiger partial charge in [-0.3, -0.25) is 0 Å². The van der Waals surface area contributed by atoms with E-state index in [1.54, 1.807) is 0 Å². The average molecular weight is 398 g/mol. The second-order valence-electron chi connectivity index (χ2n) is 5.85. The predicted octanol–water partition coefficient (Wildman–Crippen LogP) is 6.72. The van der Waals surface area contributed by atoms with Crippen LogP contribution in [0.25, 0.3) is 33.7 Å². The van der Waals surface area contributed by atoms with Gasteiger partial charge in [0.2, 0.25) is 0 Å². The van der Waals surface area contributed by atoms with Gasteiger partial charge in [0.15, 0.2) is 0 Å². The molecule has 4 aromatic carbocycles. The minimum absolute atomic E-state index is 0. The number of allylic oxidation sites excluding steroid dienone is 2. The molecule has 0 heterocycles. The summed E-state index contributed by atoms with van der Waals surface area (Å²) in [5.74, 6) is 0. The van der Waals surface area contributed by atoms with Crippen molar-refractivity contribution >= 4 is 33.7 Å². The number of benzene rings is 4. The van der Waals surface area contributed by atoms with Gasteiger partial charge in [0.25, 0.3) is 0 Å². The van der Waals surface area contributed by atoms with Crippen LogP contribution in [0.5, 0.6) is 0 Å². The first-order valence-corrected chi connectivity index (χ1v) is 8.22. The Bertz CT molecular complexity index is 960. The normalized spacial score (nSPS) is 11.4. The van der Waals surface area contributed by atoms with E-state index in [1.807, 2.05) is 0 Å². The Morgan fingerprint density at radius 2 is 0.840 bits per heavy atom. The molecule has 0 amide bonds. The van der Waals surface area contributed by atoms with Gasteiger partial charge in [0, 0.05) is 26.2 Å². The van der Waals surface area contributed by atoms with Gasteiger partial charge in [-0.05, 0) is 32.7 Å². The summed E-state index contributed by atoms with van der Waals surface area (Å²) in [6.07, 6.45) is 8.57.